The standard InChI is InChI=1S/C35H44F2O8/c1-5-14-26(15-6-2)23-42-34(41)45-33(25(3)4)44-32(40)19-13-8-7-12-18-28-29(31(39)22-30(28)38)20-21-35(36,37)24-43-27-16-10-9-11-17-27/h1-2,7,9-12,16-17,20-21,25-26,28-31,33,38-39H,8,13-15,18-19,22-24H2,3-4H3/b12-7-,21-20+/t28-,29-,30+,31-,33?/m1/s1. The van der Waals surface area contributed by atoms with Crippen LogP contribution >= 0.6 is 0 Å². The number of para-hydroxylation sites is 1. The van der Waals surface area contributed by atoms with Crippen LogP contribution in [-0.2, 0) is 19.0 Å². The van der Waals surface area contributed by atoms with Crippen LogP contribution in [0, 0.1) is 48.4 Å². The molecule has 0 aliphatic heterocycles. The van der Waals surface area contributed by atoms with Crippen molar-refractivity contribution in [2.45, 2.75) is 83.2 Å². The summed E-state index contributed by atoms with van der Waals surface area (Å²) in [4.78, 5) is 24.5. The van der Waals surface area contributed by atoms with E-state index < -0.39 is 55.0 Å². The van der Waals surface area contributed by atoms with Crippen LogP contribution in [0.25, 0.3) is 0 Å². The van der Waals surface area contributed by atoms with E-state index in [1.807, 2.05) is 6.08 Å². The van der Waals surface area contributed by atoms with Crippen molar-refractivity contribution in [2.24, 2.45) is 23.7 Å². The Morgan fingerprint density at radius 3 is 2.40 bits per heavy atom. The summed E-state index contributed by atoms with van der Waals surface area (Å²) in [6.45, 7) is 2.59. The van der Waals surface area contributed by atoms with Gasteiger partial charge < -0.3 is 29.2 Å². The second-order valence-electron chi connectivity index (χ2n) is 11.4. The van der Waals surface area contributed by atoms with E-state index in [4.69, 9.17) is 31.8 Å². The predicted octanol–water partition coefficient (Wildman–Crippen LogP) is 6.07. The average molecular weight is 631 g/mol. The van der Waals surface area contributed by atoms with Gasteiger partial charge in [-0.1, -0.05) is 50.3 Å². The van der Waals surface area contributed by atoms with E-state index in [1.165, 1.54) is 6.08 Å². The zero-order valence-corrected chi connectivity index (χ0v) is 25.9. The summed E-state index contributed by atoms with van der Waals surface area (Å²) < 4.78 is 49.6. The predicted molar refractivity (Wildman–Crippen MR) is 165 cm³/mol. The molecule has 0 radical (unpaired) electrons. The molecule has 2 N–H and O–H groups in total. The normalized spacial score (nSPS) is 20.7. The van der Waals surface area contributed by atoms with Crippen molar-refractivity contribution >= 4 is 12.1 Å². The molecule has 8 nitrogen and oxygen atoms in total. The minimum atomic E-state index is -3.26. The Labute approximate surface area is 264 Å². The minimum absolute atomic E-state index is 0.0115. The van der Waals surface area contributed by atoms with E-state index in [0.29, 0.717) is 37.9 Å². The molecule has 0 amide bonds. The Hall–Kier alpha value is -3.86. The highest BCUT2D eigenvalue weighted by Gasteiger charge is 2.40. The molecular formula is C35H44F2O8. The maximum Gasteiger partial charge on any atom is 0.511 e. The van der Waals surface area contributed by atoms with Gasteiger partial charge in [0.1, 0.15) is 5.75 Å². The van der Waals surface area contributed by atoms with Gasteiger partial charge >= 0.3 is 12.1 Å². The lowest BCUT2D eigenvalue weighted by Crippen LogP contribution is -2.30. The molecule has 1 fully saturated rings. The van der Waals surface area contributed by atoms with Gasteiger partial charge in [-0.3, -0.25) is 4.79 Å². The van der Waals surface area contributed by atoms with Crippen molar-refractivity contribution in [3.8, 4) is 30.4 Å². The molecule has 1 aliphatic carbocycles. The fourth-order valence-corrected chi connectivity index (χ4v) is 4.76. The topological polar surface area (TPSA) is 112 Å². The van der Waals surface area contributed by atoms with Crippen LogP contribution in [0.5, 0.6) is 5.75 Å². The number of benzene rings is 1. The van der Waals surface area contributed by atoms with Crippen LogP contribution in [0.4, 0.5) is 13.6 Å². The third-order valence-electron chi connectivity index (χ3n) is 7.23. The molecule has 10 heteroatoms. The maximum absolute atomic E-state index is 14.4. The lowest BCUT2D eigenvalue weighted by Gasteiger charge is -2.21. The number of allylic oxidation sites excluding steroid dienone is 2. The number of halogens is 2. The largest absolute Gasteiger partial charge is 0.511 e. The van der Waals surface area contributed by atoms with Gasteiger partial charge in [0, 0.05) is 43.4 Å². The highest BCUT2D eigenvalue weighted by atomic mass is 19.3. The third kappa shape index (κ3) is 14.2. The van der Waals surface area contributed by atoms with Gasteiger partial charge in [-0.2, -0.15) is 8.78 Å². The molecule has 0 spiro atoms. The third-order valence-corrected chi connectivity index (χ3v) is 7.23. The molecule has 246 valence electrons. The van der Waals surface area contributed by atoms with Gasteiger partial charge in [0.05, 0.1) is 18.8 Å². The molecule has 0 aromatic heterocycles. The highest BCUT2D eigenvalue weighted by Crippen LogP contribution is 2.37. The molecule has 5 atom stereocenters. The zero-order valence-electron chi connectivity index (χ0n) is 25.9. The highest BCUT2D eigenvalue weighted by molar-refractivity contribution is 5.69. The van der Waals surface area contributed by atoms with Crippen LogP contribution in [-0.4, -0.2) is 60.0 Å². The quantitative estimate of drug-likeness (QED) is 0.0661. The number of unbranched alkanes of at least 4 members (excludes halogenated alkanes) is 1. The van der Waals surface area contributed by atoms with Crippen LogP contribution in [0.3, 0.4) is 0 Å². The van der Waals surface area contributed by atoms with Crippen LogP contribution in [0.2, 0.25) is 0 Å². The molecule has 1 saturated carbocycles. The first-order chi connectivity index (χ1) is 21.5. The fraction of sp³-hybridized carbons (Fsp3) is 0.543. The van der Waals surface area contributed by atoms with Crippen molar-refractivity contribution in [3.05, 3.63) is 54.6 Å². The number of aliphatic hydroxyl groups excluding tert-OH is 2. The van der Waals surface area contributed by atoms with Crippen LogP contribution in [0.1, 0.15) is 58.8 Å². The smallest absolute Gasteiger partial charge is 0.487 e. The molecule has 1 unspecified atom stereocenters. The number of hydrogen-bond donors (Lipinski definition) is 2. The molecule has 1 aromatic rings. The molecule has 2 rings (SSSR count). The Bertz CT molecular complexity index is 1170. The van der Waals surface area contributed by atoms with Gasteiger partial charge in [-0.15, -0.1) is 24.7 Å². The summed E-state index contributed by atoms with van der Waals surface area (Å²) in [5, 5.41) is 20.8. The van der Waals surface area contributed by atoms with E-state index in [-0.39, 0.29) is 31.3 Å². The molecule has 0 bridgehead atoms. The number of esters is 1. The van der Waals surface area contributed by atoms with Crippen molar-refractivity contribution < 1.29 is 47.5 Å². The van der Waals surface area contributed by atoms with Crippen LogP contribution < -0.4 is 4.74 Å². The summed E-state index contributed by atoms with van der Waals surface area (Å²) >= 11 is 0. The second-order valence-corrected chi connectivity index (χ2v) is 11.4. The van der Waals surface area contributed by atoms with Crippen LogP contribution in [0.15, 0.2) is 54.6 Å². The summed E-state index contributed by atoms with van der Waals surface area (Å²) in [6, 6.07) is 8.29. The van der Waals surface area contributed by atoms with E-state index in [9.17, 15) is 28.6 Å². The molecule has 0 heterocycles. The summed E-state index contributed by atoms with van der Waals surface area (Å²) in [7, 11) is 0. The first-order valence-corrected chi connectivity index (χ1v) is 15.1. The number of aliphatic hydroxyl groups is 2. The molecule has 0 saturated heterocycles. The Morgan fingerprint density at radius 1 is 1.07 bits per heavy atom. The maximum atomic E-state index is 14.4. The molecule has 45 heavy (non-hydrogen) atoms. The fourth-order valence-electron chi connectivity index (χ4n) is 4.76. The molecular weight excluding hydrogens is 586 g/mol. The number of terminal acetylenes is 2. The number of alkyl halides is 2. The van der Waals surface area contributed by atoms with Gasteiger partial charge in [0.2, 0.25) is 0 Å². The first kappa shape index (κ1) is 37.3. The SMILES string of the molecule is C#CCC(CC#C)COC(=O)OC(OC(=O)CCC/C=C\C[C@@H]1[C@@H](/C=C/C(F)(F)COc2ccccc2)[C@H](O)C[C@@H]1O)C(C)C. The van der Waals surface area contributed by atoms with E-state index in [2.05, 4.69) is 11.8 Å². The number of carbonyl (C=O) groups is 2. The Kier molecular flexibility index (Phi) is 16.2. The minimum Gasteiger partial charge on any atom is -0.487 e. The van der Waals surface area contributed by atoms with Gasteiger partial charge in [-0.25, -0.2) is 4.79 Å². The second kappa shape index (κ2) is 19.5. The van der Waals surface area contributed by atoms with Crippen molar-refractivity contribution in [2.75, 3.05) is 13.2 Å². The first-order valence-electron chi connectivity index (χ1n) is 15.1. The number of hydrogen-bond acceptors (Lipinski definition) is 8. The number of carbonyl (C=O) groups excluding carboxylic acids is 2. The van der Waals surface area contributed by atoms with E-state index in [1.54, 1.807) is 50.3 Å². The Balaban J connectivity index is 1.77. The average Bonchev–Trinajstić information content (AvgIpc) is 3.27. The lowest BCUT2D eigenvalue weighted by molar-refractivity contribution is -0.179. The summed E-state index contributed by atoms with van der Waals surface area (Å²) in [5.41, 5.74) is 0. The van der Waals surface area contributed by atoms with E-state index in [0.717, 1.165) is 6.08 Å². The zero-order chi connectivity index (χ0) is 33.2. The molecule has 1 aliphatic rings. The van der Waals surface area contributed by atoms with Gasteiger partial charge in [0.15, 0.2) is 6.61 Å². The van der Waals surface area contributed by atoms with Crippen molar-refractivity contribution in [1.82, 2.24) is 0 Å². The number of ether oxygens (including phenoxy) is 4. The number of rotatable bonds is 18. The van der Waals surface area contributed by atoms with Crippen molar-refractivity contribution in [1.29, 1.82) is 0 Å². The van der Waals surface area contributed by atoms with Gasteiger partial charge in [0.25, 0.3) is 12.2 Å². The monoisotopic (exact) mass is 630 g/mol. The summed E-state index contributed by atoms with van der Waals surface area (Å²) in [6.07, 6.45) is 14.5. The molecule has 1 aromatic carbocycles. The van der Waals surface area contributed by atoms with E-state index >= 15 is 0 Å². The van der Waals surface area contributed by atoms with Gasteiger partial charge in [-0.05, 0) is 43.4 Å². The lowest BCUT2D eigenvalue weighted by atomic mass is 9.89. The van der Waals surface area contributed by atoms with Crippen molar-refractivity contribution in [3.63, 3.8) is 0 Å². The summed E-state index contributed by atoms with van der Waals surface area (Å²) in [5.74, 6) is -0.137. The Morgan fingerprint density at radius 2 is 1.76 bits per heavy atom.